The average molecular weight is 316 g/mol. The van der Waals surface area contributed by atoms with E-state index in [9.17, 15) is 13.2 Å². The van der Waals surface area contributed by atoms with E-state index in [1.54, 1.807) is 18.2 Å². The van der Waals surface area contributed by atoms with Gasteiger partial charge in [-0.1, -0.05) is 0 Å². The van der Waals surface area contributed by atoms with Crippen LogP contribution in [0.2, 0.25) is 0 Å². The van der Waals surface area contributed by atoms with Crippen molar-refractivity contribution in [1.29, 1.82) is 0 Å². The second kappa shape index (κ2) is 7.28. The fourth-order valence-corrected chi connectivity index (χ4v) is 2.35. The number of sulfonamides is 1. The molecule has 0 bridgehead atoms. The van der Waals surface area contributed by atoms with E-state index in [1.807, 2.05) is 0 Å². The first kappa shape index (κ1) is 17.3. The molecular weight excluding hydrogens is 296 g/mol. The second-order valence-electron chi connectivity index (χ2n) is 4.47. The van der Waals surface area contributed by atoms with Crippen molar-refractivity contribution in [3.63, 3.8) is 0 Å². The maximum Gasteiger partial charge on any atom is 0.225 e. The van der Waals surface area contributed by atoms with Gasteiger partial charge in [-0.3, -0.25) is 4.79 Å². The number of nitrogens with zero attached hydrogens (tertiary/aromatic N) is 1. The Bertz CT molecular complexity index is 599. The summed E-state index contributed by atoms with van der Waals surface area (Å²) in [4.78, 5) is 11.8. The standard InChI is InChI=1S/C13H20N2O5S/c1-15(2)21(17,18)8-7-13(16)14-10-5-6-11(19-3)12(9-10)20-4/h5-6,9H,7-8H2,1-4H3,(H,14,16). The van der Waals surface area contributed by atoms with E-state index in [0.29, 0.717) is 17.2 Å². The lowest BCUT2D eigenvalue weighted by Gasteiger charge is -2.12. The smallest absolute Gasteiger partial charge is 0.225 e. The fourth-order valence-electron chi connectivity index (χ4n) is 1.54. The van der Waals surface area contributed by atoms with E-state index in [-0.39, 0.29) is 18.1 Å². The number of rotatable bonds is 7. The van der Waals surface area contributed by atoms with Crippen LogP contribution in [0.1, 0.15) is 6.42 Å². The van der Waals surface area contributed by atoms with Crippen LogP contribution in [-0.4, -0.2) is 52.7 Å². The lowest BCUT2D eigenvalue weighted by molar-refractivity contribution is -0.115. The van der Waals surface area contributed by atoms with Gasteiger partial charge in [0.15, 0.2) is 11.5 Å². The number of methoxy groups -OCH3 is 2. The van der Waals surface area contributed by atoms with Crippen molar-refractivity contribution in [2.45, 2.75) is 6.42 Å². The van der Waals surface area contributed by atoms with Crippen molar-refractivity contribution in [3.8, 4) is 11.5 Å². The van der Waals surface area contributed by atoms with Crippen molar-refractivity contribution in [1.82, 2.24) is 4.31 Å². The molecule has 0 saturated carbocycles. The summed E-state index contributed by atoms with van der Waals surface area (Å²) in [5, 5.41) is 2.62. The molecule has 0 radical (unpaired) electrons. The van der Waals surface area contributed by atoms with Gasteiger partial charge in [0, 0.05) is 32.3 Å². The largest absolute Gasteiger partial charge is 0.493 e. The Morgan fingerprint density at radius 1 is 1.19 bits per heavy atom. The van der Waals surface area contributed by atoms with Crippen LogP contribution in [0.15, 0.2) is 18.2 Å². The Hall–Kier alpha value is -1.80. The highest BCUT2D eigenvalue weighted by molar-refractivity contribution is 7.89. The average Bonchev–Trinajstić information content (AvgIpc) is 2.45. The van der Waals surface area contributed by atoms with Crippen LogP contribution in [0.4, 0.5) is 5.69 Å². The maximum atomic E-state index is 11.8. The Morgan fingerprint density at radius 2 is 1.81 bits per heavy atom. The van der Waals surface area contributed by atoms with E-state index in [2.05, 4.69) is 5.32 Å². The van der Waals surface area contributed by atoms with E-state index >= 15 is 0 Å². The first-order chi connectivity index (χ1) is 9.80. The first-order valence-corrected chi connectivity index (χ1v) is 7.83. The number of carbonyl (C=O) groups excluding carboxylic acids is 1. The summed E-state index contributed by atoms with van der Waals surface area (Å²) in [5.74, 6) is 0.411. The van der Waals surface area contributed by atoms with Gasteiger partial charge in [0.05, 0.1) is 20.0 Å². The Kier molecular flexibility index (Phi) is 5.98. The molecule has 0 saturated heterocycles. The summed E-state index contributed by atoms with van der Waals surface area (Å²) in [7, 11) is 2.49. The number of hydrogen-bond donors (Lipinski definition) is 1. The minimum absolute atomic E-state index is 0.116. The van der Waals surface area contributed by atoms with E-state index in [4.69, 9.17) is 9.47 Å². The summed E-state index contributed by atoms with van der Waals surface area (Å²) in [6, 6.07) is 4.92. The van der Waals surface area contributed by atoms with Crippen LogP contribution in [0.3, 0.4) is 0 Å². The minimum Gasteiger partial charge on any atom is -0.493 e. The molecule has 7 nitrogen and oxygen atoms in total. The van der Waals surface area contributed by atoms with Gasteiger partial charge in [0.2, 0.25) is 15.9 Å². The highest BCUT2D eigenvalue weighted by Gasteiger charge is 2.16. The summed E-state index contributed by atoms with van der Waals surface area (Å²) < 4.78 is 34.5. The third-order valence-electron chi connectivity index (χ3n) is 2.81. The summed E-state index contributed by atoms with van der Waals surface area (Å²) >= 11 is 0. The summed E-state index contributed by atoms with van der Waals surface area (Å²) in [6.07, 6.45) is -0.116. The molecule has 0 aliphatic rings. The van der Waals surface area contributed by atoms with Crippen molar-refractivity contribution < 1.29 is 22.7 Å². The molecule has 0 aliphatic heterocycles. The van der Waals surface area contributed by atoms with Gasteiger partial charge in [0.1, 0.15) is 0 Å². The van der Waals surface area contributed by atoms with Gasteiger partial charge in [0.25, 0.3) is 0 Å². The zero-order valence-corrected chi connectivity index (χ0v) is 13.4. The molecule has 118 valence electrons. The Morgan fingerprint density at radius 3 is 2.33 bits per heavy atom. The molecule has 0 aliphatic carbocycles. The zero-order valence-electron chi connectivity index (χ0n) is 12.5. The molecule has 1 amide bonds. The molecule has 21 heavy (non-hydrogen) atoms. The second-order valence-corrected chi connectivity index (χ2v) is 6.77. The first-order valence-electron chi connectivity index (χ1n) is 6.22. The normalized spacial score (nSPS) is 11.3. The Balaban J connectivity index is 2.67. The van der Waals surface area contributed by atoms with Crippen LogP contribution in [-0.2, 0) is 14.8 Å². The molecular formula is C13H20N2O5S. The molecule has 1 aromatic carbocycles. The monoisotopic (exact) mass is 316 g/mol. The van der Waals surface area contributed by atoms with E-state index in [1.165, 1.54) is 28.3 Å². The number of benzene rings is 1. The molecule has 0 aromatic heterocycles. The number of amides is 1. The van der Waals surface area contributed by atoms with Gasteiger partial charge in [-0.05, 0) is 12.1 Å². The molecule has 0 fully saturated rings. The SMILES string of the molecule is COc1ccc(NC(=O)CCS(=O)(=O)N(C)C)cc1OC. The third kappa shape index (κ3) is 4.91. The highest BCUT2D eigenvalue weighted by atomic mass is 32.2. The predicted molar refractivity (Wildman–Crippen MR) is 80.3 cm³/mol. The lowest BCUT2D eigenvalue weighted by atomic mass is 10.2. The van der Waals surface area contributed by atoms with Crippen molar-refractivity contribution >= 4 is 21.6 Å². The van der Waals surface area contributed by atoms with Crippen LogP contribution in [0.25, 0.3) is 0 Å². The van der Waals surface area contributed by atoms with Gasteiger partial charge in [-0.2, -0.15) is 0 Å². The Labute approximate surface area is 124 Å². The number of carbonyl (C=O) groups is 1. The predicted octanol–water partition coefficient (Wildman–Crippen LogP) is 0.924. The molecule has 0 heterocycles. The number of hydrogen-bond acceptors (Lipinski definition) is 5. The van der Waals surface area contributed by atoms with Crippen LogP contribution < -0.4 is 14.8 Å². The van der Waals surface area contributed by atoms with Gasteiger partial charge >= 0.3 is 0 Å². The zero-order chi connectivity index (χ0) is 16.0. The third-order valence-corrected chi connectivity index (χ3v) is 4.64. The lowest BCUT2D eigenvalue weighted by Crippen LogP contribution is -2.27. The van der Waals surface area contributed by atoms with Gasteiger partial charge in [-0.25, -0.2) is 12.7 Å². The maximum absolute atomic E-state index is 11.8. The quantitative estimate of drug-likeness (QED) is 0.808. The molecule has 1 rings (SSSR count). The fraction of sp³-hybridized carbons (Fsp3) is 0.462. The molecule has 0 spiro atoms. The van der Waals surface area contributed by atoms with Crippen molar-refractivity contribution in [3.05, 3.63) is 18.2 Å². The number of nitrogens with one attached hydrogen (secondary N) is 1. The van der Waals surface area contributed by atoms with Crippen molar-refractivity contribution in [2.24, 2.45) is 0 Å². The van der Waals surface area contributed by atoms with Crippen molar-refractivity contribution in [2.75, 3.05) is 39.4 Å². The molecule has 0 unspecified atom stereocenters. The van der Waals surface area contributed by atoms with Gasteiger partial charge in [-0.15, -0.1) is 0 Å². The summed E-state index contributed by atoms with van der Waals surface area (Å²) in [5.41, 5.74) is 0.514. The van der Waals surface area contributed by atoms with Gasteiger partial charge < -0.3 is 14.8 Å². The number of ether oxygens (including phenoxy) is 2. The minimum atomic E-state index is -3.38. The van der Waals surface area contributed by atoms with Crippen LogP contribution in [0.5, 0.6) is 11.5 Å². The van der Waals surface area contributed by atoms with Crippen LogP contribution >= 0.6 is 0 Å². The topological polar surface area (TPSA) is 84.9 Å². The molecule has 1 N–H and O–H groups in total. The molecule has 8 heteroatoms. The summed E-state index contributed by atoms with van der Waals surface area (Å²) in [6.45, 7) is 0. The van der Waals surface area contributed by atoms with E-state index < -0.39 is 10.0 Å². The van der Waals surface area contributed by atoms with E-state index in [0.717, 1.165) is 4.31 Å². The van der Waals surface area contributed by atoms with Crippen LogP contribution in [0, 0.1) is 0 Å². The molecule has 1 aromatic rings. The highest BCUT2D eigenvalue weighted by Crippen LogP contribution is 2.29. The molecule has 0 atom stereocenters. The number of anilines is 1.